The molecule has 9 heteroatoms. The molecule has 3 rings (SSSR count). The van der Waals surface area contributed by atoms with Crippen LogP contribution in [-0.4, -0.2) is 37.8 Å². The van der Waals surface area contributed by atoms with Crippen LogP contribution in [0.15, 0.2) is 41.4 Å². The van der Waals surface area contributed by atoms with Crippen LogP contribution >= 0.6 is 11.3 Å². The maximum absolute atomic E-state index is 13.6. The van der Waals surface area contributed by atoms with Crippen molar-refractivity contribution in [3.63, 3.8) is 0 Å². The first-order valence-electron chi connectivity index (χ1n) is 8.13. The Labute approximate surface area is 163 Å². The molecule has 0 spiro atoms. The van der Waals surface area contributed by atoms with Crippen molar-refractivity contribution in [2.24, 2.45) is 4.99 Å². The molecule has 0 fully saturated rings. The smallest absolute Gasteiger partial charge is 0.325 e. The highest BCUT2D eigenvalue weighted by atomic mass is 32.1. The zero-order valence-corrected chi connectivity index (χ0v) is 16.2. The topological polar surface area (TPSA) is 79.1 Å². The maximum atomic E-state index is 13.6. The number of esters is 1. The summed E-state index contributed by atoms with van der Waals surface area (Å²) in [5, 5.41) is 0. The van der Waals surface area contributed by atoms with Crippen LogP contribution in [0, 0.1) is 5.82 Å². The molecule has 0 bridgehead atoms. The SMILES string of the molecule is COC(=O)Cn1c(=NC(=O)c2cc(OC)ccc2OC)sc2cc(F)ccc21. The summed E-state index contributed by atoms with van der Waals surface area (Å²) in [6.45, 7) is -0.163. The summed E-state index contributed by atoms with van der Waals surface area (Å²) in [7, 11) is 4.19. The second kappa shape index (κ2) is 8.22. The summed E-state index contributed by atoms with van der Waals surface area (Å²) in [6.07, 6.45) is 0. The first-order valence-corrected chi connectivity index (χ1v) is 8.95. The first kappa shape index (κ1) is 19.6. The number of methoxy groups -OCH3 is 3. The van der Waals surface area contributed by atoms with Crippen LogP contribution in [0.4, 0.5) is 4.39 Å². The number of ether oxygens (including phenoxy) is 3. The quantitative estimate of drug-likeness (QED) is 0.611. The van der Waals surface area contributed by atoms with E-state index in [1.54, 1.807) is 12.1 Å². The van der Waals surface area contributed by atoms with E-state index in [9.17, 15) is 14.0 Å². The van der Waals surface area contributed by atoms with E-state index in [4.69, 9.17) is 14.2 Å². The average molecular weight is 404 g/mol. The number of halogens is 1. The third-order valence-electron chi connectivity index (χ3n) is 3.99. The van der Waals surface area contributed by atoms with E-state index in [0.717, 1.165) is 11.3 Å². The Hall–Kier alpha value is -3.20. The van der Waals surface area contributed by atoms with Crippen LogP contribution < -0.4 is 14.3 Å². The van der Waals surface area contributed by atoms with Gasteiger partial charge in [-0.3, -0.25) is 9.59 Å². The van der Waals surface area contributed by atoms with Crippen LogP contribution in [0.2, 0.25) is 0 Å². The van der Waals surface area contributed by atoms with Gasteiger partial charge < -0.3 is 18.8 Å². The lowest BCUT2D eigenvalue weighted by atomic mass is 10.2. The molecule has 1 aromatic heterocycles. The highest BCUT2D eigenvalue weighted by molar-refractivity contribution is 7.16. The number of thiazole rings is 1. The average Bonchev–Trinajstić information content (AvgIpc) is 3.02. The fourth-order valence-corrected chi connectivity index (χ4v) is 3.66. The van der Waals surface area contributed by atoms with Crippen molar-refractivity contribution in [2.45, 2.75) is 6.54 Å². The number of amides is 1. The van der Waals surface area contributed by atoms with Crippen molar-refractivity contribution in [2.75, 3.05) is 21.3 Å². The second-order valence-corrected chi connectivity index (χ2v) is 6.65. The summed E-state index contributed by atoms with van der Waals surface area (Å²) in [5.41, 5.74) is 0.774. The number of rotatable bonds is 5. The van der Waals surface area contributed by atoms with Gasteiger partial charge in [-0.25, -0.2) is 4.39 Å². The lowest BCUT2D eigenvalue weighted by Gasteiger charge is -2.07. The molecule has 1 heterocycles. The third-order valence-corrected chi connectivity index (χ3v) is 5.04. The minimum Gasteiger partial charge on any atom is -0.497 e. The molecule has 146 valence electrons. The lowest BCUT2D eigenvalue weighted by molar-refractivity contribution is -0.141. The van der Waals surface area contributed by atoms with Gasteiger partial charge in [0.05, 0.1) is 37.1 Å². The number of hydrogen-bond acceptors (Lipinski definition) is 6. The maximum Gasteiger partial charge on any atom is 0.325 e. The molecule has 0 aliphatic rings. The standard InChI is InChI=1S/C19H17FN2O5S/c1-25-12-5-7-15(26-2)13(9-12)18(24)21-19-22(10-17(23)27-3)14-6-4-11(20)8-16(14)28-19/h4-9H,10H2,1-3H3. The highest BCUT2D eigenvalue weighted by Crippen LogP contribution is 2.25. The number of fused-ring (bicyclic) bond motifs is 1. The number of carbonyl (C=O) groups is 2. The Bertz CT molecular complexity index is 1120. The molecular weight excluding hydrogens is 387 g/mol. The van der Waals surface area contributed by atoms with Gasteiger partial charge in [0.15, 0.2) is 4.80 Å². The van der Waals surface area contributed by atoms with Crippen molar-refractivity contribution < 1.29 is 28.2 Å². The molecule has 2 aromatic carbocycles. The van der Waals surface area contributed by atoms with Crippen molar-refractivity contribution in [3.8, 4) is 11.5 Å². The summed E-state index contributed by atoms with van der Waals surface area (Å²) >= 11 is 1.09. The minimum absolute atomic E-state index is 0.163. The van der Waals surface area contributed by atoms with E-state index in [2.05, 4.69) is 4.99 Å². The van der Waals surface area contributed by atoms with E-state index < -0.39 is 17.7 Å². The van der Waals surface area contributed by atoms with Gasteiger partial charge in [-0.2, -0.15) is 4.99 Å². The molecule has 0 N–H and O–H groups in total. The van der Waals surface area contributed by atoms with Gasteiger partial charge in [0.2, 0.25) is 0 Å². The Morgan fingerprint density at radius 1 is 1.11 bits per heavy atom. The molecule has 28 heavy (non-hydrogen) atoms. The van der Waals surface area contributed by atoms with Gasteiger partial charge in [-0.15, -0.1) is 0 Å². The number of nitrogens with zero attached hydrogens (tertiary/aromatic N) is 2. The number of aromatic nitrogens is 1. The van der Waals surface area contributed by atoms with Gasteiger partial charge in [-0.05, 0) is 36.4 Å². The lowest BCUT2D eigenvalue weighted by Crippen LogP contribution is -2.22. The van der Waals surface area contributed by atoms with Gasteiger partial charge >= 0.3 is 5.97 Å². The van der Waals surface area contributed by atoms with Crippen molar-refractivity contribution >= 4 is 33.4 Å². The molecule has 7 nitrogen and oxygen atoms in total. The molecule has 0 saturated carbocycles. The zero-order chi connectivity index (χ0) is 20.3. The monoisotopic (exact) mass is 404 g/mol. The van der Waals surface area contributed by atoms with E-state index >= 15 is 0 Å². The fourth-order valence-electron chi connectivity index (χ4n) is 2.61. The summed E-state index contributed by atoms with van der Waals surface area (Å²) < 4.78 is 30.7. The number of hydrogen-bond donors (Lipinski definition) is 0. The largest absolute Gasteiger partial charge is 0.497 e. The van der Waals surface area contributed by atoms with Crippen LogP contribution in [0.25, 0.3) is 10.2 Å². The summed E-state index contributed by atoms with van der Waals surface area (Å²) in [6, 6.07) is 8.91. The van der Waals surface area contributed by atoms with Crippen molar-refractivity contribution in [1.29, 1.82) is 0 Å². The van der Waals surface area contributed by atoms with Gasteiger partial charge in [-0.1, -0.05) is 11.3 Å². The summed E-state index contributed by atoms with van der Waals surface area (Å²) in [4.78, 5) is 29.0. The molecule has 0 aliphatic heterocycles. The number of carbonyl (C=O) groups excluding carboxylic acids is 2. The van der Waals surface area contributed by atoms with Crippen molar-refractivity contribution in [1.82, 2.24) is 4.57 Å². The minimum atomic E-state index is -0.582. The molecule has 1 amide bonds. The zero-order valence-electron chi connectivity index (χ0n) is 15.4. The Kier molecular flexibility index (Phi) is 5.74. The molecular formula is C19H17FN2O5S. The Morgan fingerprint density at radius 3 is 2.57 bits per heavy atom. The van der Waals surface area contributed by atoms with Crippen LogP contribution in [-0.2, 0) is 16.1 Å². The van der Waals surface area contributed by atoms with E-state index in [1.807, 2.05) is 0 Å². The molecule has 0 aliphatic carbocycles. The van der Waals surface area contributed by atoms with Crippen LogP contribution in [0.5, 0.6) is 11.5 Å². The molecule has 0 radical (unpaired) electrons. The summed E-state index contributed by atoms with van der Waals surface area (Å²) in [5.74, 6) is -0.717. The Balaban J connectivity index is 2.16. The van der Waals surface area contributed by atoms with E-state index in [1.165, 1.54) is 50.2 Å². The predicted octanol–water partition coefficient (Wildman–Crippen LogP) is 2.77. The first-order chi connectivity index (χ1) is 13.5. The molecule has 0 unspecified atom stereocenters. The fraction of sp³-hybridized carbons (Fsp3) is 0.211. The van der Waals surface area contributed by atoms with Gasteiger partial charge in [0.1, 0.15) is 23.9 Å². The highest BCUT2D eigenvalue weighted by Gasteiger charge is 2.16. The van der Waals surface area contributed by atoms with Gasteiger partial charge in [0.25, 0.3) is 5.91 Å². The molecule has 0 saturated heterocycles. The Morgan fingerprint density at radius 2 is 1.89 bits per heavy atom. The number of benzene rings is 2. The second-order valence-electron chi connectivity index (χ2n) is 5.64. The van der Waals surface area contributed by atoms with Gasteiger partial charge in [0, 0.05) is 0 Å². The molecule has 3 aromatic rings. The third kappa shape index (κ3) is 3.89. The van der Waals surface area contributed by atoms with Crippen LogP contribution in [0.1, 0.15) is 10.4 Å². The predicted molar refractivity (Wildman–Crippen MR) is 101 cm³/mol. The van der Waals surface area contributed by atoms with Crippen LogP contribution in [0.3, 0.4) is 0 Å². The normalized spacial score (nSPS) is 11.5. The van der Waals surface area contributed by atoms with E-state index in [0.29, 0.717) is 21.7 Å². The molecule has 0 atom stereocenters. The van der Waals surface area contributed by atoms with E-state index in [-0.39, 0.29) is 16.9 Å². The van der Waals surface area contributed by atoms with Crippen molar-refractivity contribution in [3.05, 3.63) is 52.6 Å².